The first-order valence-corrected chi connectivity index (χ1v) is 26.7. The fourth-order valence-electron chi connectivity index (χ4n) is 18.9. The van der Waals surface area contributed by atoms with E-state index in [0.29, 0.717) is 88.4 Å². The molecule has 18 atom stereocenters. The summed E-state index contributed by atoms with van der Waals surface area (Å²) < 4.78 is 0. The van der Waals surface area contributed by atoms with Crippen LogP contribution in [-0.2, 0) is 25.6 Å². The summed E-state index contributed by atoms with van der Waals surface area (Å²) in [5.74, 6) is 13.5. The number of carbonyl (C=O) groups excluding carboxylic acids is 4. The van der Waals surface area contributed by atoms with Crippen LogP contribution < -0.4 is 5.73 Å². The number of aromatic hydroxyl groups is 1. The zero-order valence-corrected chi connectivity index (χ0v) is 44.3. The van der Waals surface area contributed by atoms with E-state index in [2.05, 4.69) is 92.9 Å². The van der Waals surface area contributed by atoms with Gasteiger partial charge in [0.05, 0.1) is 11.6 Å². The number of benzene rings is 1. The molecule has 8 rings (SSSR count). The van der Waals surface area contributed by atoms with Crippen molar-refractivity contribution in [3.05, 3.63) is 45.7 Å². The Morgan fingerprint density at radius 2 is 1.59 bits per heavy atom. The first kappa shape index (κ1) is 52.0. The minimum Gasteiger partial charge on any atom is -0.508 e. The number of Topliss-reactive ketones (excluding diaryl/α,β-unsaturated/α-hetero) is 3. The van der Waals surface area contributed by atoms with Crippen LogP contribution in [0.15, 0.2) is 29.0 Å². The number of phenolic OH excluding ortho intramolecular Hbond substituents is 1. The second-order valence-corrected chi connectivity index (χ2v) is 25.1. The minimum atomic E-state index is -2.68. The average Bonchev–Trinajstić information content (AvgIpc) is 3.25. The average molecular weight is 959 g/mol. The normalized spacial score (nSPS) is 42.0. The van der Waals surface area contributed by atoms with Crippen LogP contribution in [0.1, 0.15) is 151 Å². The van der Waals surface area contributed by atoms with Crippen molar-refractivity contribution in [2.75, 3.05) is 14.1 Å². The summed E-state index contributed by atoms with van der Waals surface area (Å²) in [6.07, 6.45) is 8.25. The Bertz CT molecular complexity index is 2550. The Morgan fingerprint density at radius 3 is 2.20 bits per heavy atom. The third-order valence-corrected chi connectivity index (χ3v) is 21.3. The van der Waals surface area contributed by atoms with E-state index in [9.17, 15) is 39.6 Å². The highest BCUT2D eigenvalue weighted by molar-refractivity contribution is 6.24. The van der Waals surface area contributed by atoms with Gasteiger partial charge in [-0.2, -0.15) is 0 Å². The van der Waals surface area contributed by atoms with E-state index in [0.717, 1.165) is 25.7 Å². The Balaban J connectivity index is 0.962. The number of nitrogens with zero attached hydrogens (tertiary/aromatic N) is 1. The number of aliphatic hydroxyl groups is 3. The number of unbranched alkanes of at least 4 members (excludes halogenated alkanes) is 3. The van der Waals surface area contributed by atoms with Crippen LogP contribution in [-0.4, -0.2) is 74.3 Å². The third-order valence-electron chi connectivity index (χ3n) is 21.3. The Morgan fingerprint density at radius 1 is 0.929 bits per heavy atom. The summed E-state index contributed by atoms with van der Waals surface area (Å²) in [6.45, 7) is 27.0. The number of aliphatic hydroxyl groups excluding tert-OH is 2. The molecule has 6 N–H and O–H groups in total. The van der Waals surface area contributed by atoms with Crippen LogP contribution in [0.25, 0.3) is 5.76 Å². The number of ketones is 3. The Kier molecular flexibility index (Phi) is 13.6. The molecule has 0 heterocycles. The number of amides is 1. The second-order valence-electron chi connectivity index (χ2n) is 25.1. The van der Waals surface area contributed by atoms with Crippen molar-refractivity contribution in [3.8, 4) is 29.4 Å². The zero-order chi connectivity index (χ0) is 51.5. The van der Waals surface area contributed by atoms with Gasteiger partial charge < -0.3 is 26.2 Å². The number of fused-ring (bicyclic) bond motifs is 6. The molecule has 0 aromatic heterocycles. The highest BCUT2D eigenvalue weighted by Crippen LogP contribution is 2.77. The maximum atomic E-state index is 14.2. The predicted molar refractivity (Wildman–Crippen MR) is 272 cm³/mol. The van der Waals surface area contributed by atoms with Gasteiger partial charge >= 0.3 is 0 Å². The lowest BCUT2D eigenvalue weighted by Gasteiger charge is -2.75. The largest absolute Gasteiger partial charge is 0.508 e. The molecule has 70 heavy (non-hydrogen) atoms. The molecule has 1 aromatic carbocycles. The Hall–Kier alpha value is -4.38. The number of primary amides is 1. The zero-order valence-electron chi connectivity index (χ0n) is 44.3. The number of phenols is 1. The summed E-state index contributed by atoms with van der Waals surface area (Å²) in [7, 11) is 3.17. The summed E-state index contributed by atoms with van der Waals surface area (Å²) in [5, 5.41) is 45.7. The summed E-state index contributed by atoms with van der Waals surface area (Å²) in [4.78, 5) is 55.0. The number of nitrogens with two attached hydrogens (primary N) is 1. The van der Waals surface area contributed by atoms with Gasteiger partial charge in [0.15, 0.2) is 11.4 Å². The van der Waals surface area contributed by atoms with E-state index in [1.807, 2.05) is 6.92 Å². The summed E-state index contributed by atoms with van der Waals surface area (Å²) in [6, 6.07) is 1.98. The number of carbonyl (C=O) groups is 4. The summed E-state index contributed by atoms with van der Waals surface area (Å²) in [5.41, 5.74) is 3.37. The monoisotopic (exact) mass is 959 g/mol. The van der Waals surface area contributed by atoms with Crippen LogP contribution in [0.4, 0.5) is 0 Å². The quantitative estimate of drug-likeness (QED) is 0.101. The molecule has 1 aromatic rings. The lowest BCUT2D eigenvalue weighted by atomic mass is 9.29. The third kappa shape index (κ3) is 7.48. The van der Waals surface area contributed by atoms with Crippen molar-refractivity contribution >= 4 is 29.0 Å². The highest BCUT2D eigenvalue weighted by Gasteiger charge is 2.72. The van der Waals surface area contributed by atoms with Crippen LogP contribution in [0.3, 0.4) is 0 Å². The topological polar surface area (TPSA) is 178 Å². The van der Waals surface area contributed by atoms with Gasteiger partial charge in [-0.3, -0.25) is 24.1 Å². The summed E-state index contributed by atoms with van der Waals surface area (Å²) >= 11 is 0. The fourth-order valence-corrected chi connectivity index (χ4v) is 18.9. The smallest absolute Gasteiger partial charge is 0.255 e. The van der Waals surface area contributed by atoms with E-state index in [4.69, 9.17) is 5.73 Å². The van der Waals surface area contributed by atoms with Crippen molar-refractivity contribution in [1.82, 2.24) is 4.90 Å². The van der Waals surface area contributed by atoms with E-state index in [1.165, 1.54) is 30.2 Å². The van der Waals surface area contributed by atoms with Gasteiger partial charge in [-0.15, -0.1) is 5.92 Å². The van der Waals surface area contributed by atoms with Gasteiger partial charge in [-0.1, -0.05) is 87.0 Å². The fraction of sp³-hybridized carbons (Fsp3) is 0.700. The molecule has 5 fully saturated rings. The van der Waals surface area contributed by atoms with Gasteiger partial charge in [0.25, 0.3) is 5.91 Å². The van der Waals surface area contributed by atoms with E-state index >= 15 is 0 Å². The number of likely N-dealkylation sites (N-methyl/N-ethyl adjacent to an activating group) is 1. The molecule has 380 valence electrons. The molecule has 0 aliphatic heterocycles. The van der Waals surface area contributed by atoms with E-state index in [1.54, 1.807) is 20.2 Å². The van der Waals surface area contributed by atoms with E-state index < -0.39 is 58.0 Å². The molecule has 0 saturated heterocycles. The van der Waals surface area contributed by atoms with Crippen molar-refractivity contribution in [1.29, 1.82) is 0 Å². The van der Waals surface area contributed by atoms with Gasteiger partial charge in [-0.05, 0) is 171 Å². The molecule has 14 unspecified atom stereocenters. The van der Waals surface area contributed by atoms with Crippen molar-refractivity contribution in [3.63, 3.8) is 0 Å². The molecule has 0 spiro atoms. The van der Waals surface area contributed by atoms with Gasteiger partial charge in [0.1, 0.15) is 28.6 Å². The SMILES string of the molecule is CC(=O)C1C(C)C(C(C)C)C2(C)CC3(C)CC4C(C#CCCCCC#Cc5ccc(O)c6c5C[C@H]5C[C@H]7[C@H](N(C)C)C(=O)C(C(N)=O)=C(O)[C@@]7(O)C(=O)C5=C6O)CCC(C)C4C(C)C3C(C)C2(C)C1C. The van der Waals surface area contributed by atoms with Crippen LogP contribution in [0, 0.1) is 123 Å². The number of hydrogen-bond acceptors (Lipinski definition) is 9. The van der Waals surface area contributed by atoms with Gasteiger partial charge in [0.2, 0.25) is 5.78 Å². The minimum absolute atomic E-state index is 0.0223. The lowest BCUT2D eigenvalue weighted by Crippen LogP contribution is -2.70. The van der Waals surface area contributed by atoms with Crippen LogP contribution in [0.2, 0.25) is 0 Å². The Labute approximate surface area is 418 Å². The molecule has 10 heteroatoms. The molecule has 0 bridgehead atoms. The molecule has 0 radical (unpaired) electrons. The van der Waals surface area contributed by atoms with Crippen molar-refractivity contribution < 1.29 is 39.6 Å². The maximum absolute atomic E-state index is 14.2. The lowest BCUT2D eigenvalue weighted by molar-refractivity contribution is -0.267. The number of rotatable bonds is 7. The van der Waals surface area contributed by atoms with Gasteiger partial charge in [-0.25, -0.2) is 0 Å². The van der Waals surface area contributed by atoms with Crippen LogP contribution >= 0.6 is 0 Å². The molecule has 5 saturated carbocycles. The maximum Gasteiger partial charge on any atom is 0.255 e. The highest BCUT2D eigenvalue weighted by atomic mass is 16.3. The molecular weight excluding hydrogens is 877 g/mol. The molecule has 1 amide bonds. The standard InChI is InChI=1S/C60H82N2O8/c1-30(2)49-33(5)45(36(8)63)34(6)59(11)35(7)50-32(4)44-31(3)22-23-38(41(44)28-57(50,9)29-58(49,59)10)21-19-17-15-14-16-18-20-37-24-25-43(64)47-40(37)26-39-27-42-51(62(12)13)53(66)48(56(61)69)55(68)60(42,70)54(67)46(39)52(47)65/h24-25,30-35,38-39,41-42,44-45,49-51,64-65,68,70H,14-17,22-23,26-29H2,1-13H3,(H2,61,69)/t31?,32?,33?,34?,35?,38?,39-,41?,42-,44?,45?,49?,50?,51-,57?,58?,59?,60-/m0/s1. The molecule has 7 aliphatic carbocycles. The van der Waals surface area contributed by atoms with Crippen LogP contribution in [0.5, 0.6) is 5.75 Å². The van der Waals surface area contributed by atoms with Gasteiger partial charge in [0, 0.05) is 41.7 Å². The first-order chi connectivity index (χ1) is 32.7. The molecule has 7 aliphatic rings. The first-order valence-electron chi connectivity index (χ1n) is 26.7. The second kappa shape index (κ2) is 18.3. The molecule has 10 nitrogen and oxygen atoms in total. The van der Waals surface area contributed by atoms with E-state index in [-0.39, 0.29) is 51.9 Å². The van der Waals surface area contributed by atoms with Crippen molar-refractivity contribution in [2.24, 2.45) is 105 Å². The predicted octanol–water partition coefficient (Wildman–Crippen LogP) is 9.64. The van der Waals surface area contributed by atoms with Crippen molar-refractivity contribution in [2.45, 2.75) is 152 Å². The number of hydrogen-bond donors (Lipinski definition) is 5. The molecular formula is C60H82N2O8.